The van der Waals surface area contributed by atoms with E-state index in [9.17, 15) is 18.0 Å². The molecule has 0 fully saturated rings. The van der Waals surface area contributed by atoms with E-state index in [0.717, 1.165) is 16.3 Å². The molecule has 0 spiro atoms. The Morgan fingerprint density at radius 2 is 1.77 bits per heavy atom. The van der Waals surface area contributed by atoms with Gasteiger partial charge in [0.1, 0.15) is 5.75 Å². The zero-order chi connectivity index (χ0) is 18.7. The second-order valence-electron chi connectivity index (χ2n) is 5.88. The van der Waals surface area contributed by atoms with E-state index >= 15 is 0 Å². The summed E-state index contributed by atoms with van der Waals surface area (Å²) in [5.74, 6) is -0.432. The van der Waals surface area contributed by atoms with E-state index < -0.39 is 18.7 Å². The Morgan fingerprint density at radius 3 is 2.54 bits per heavy atom. The molecule has 0 saturated heterocycles. The van der Waals surface area contributed by atoms with Gasteiger partial charge in [-0.25, -0.2) is 0 Å². The van der Waals surface area contributed by atoms with Crippen molar-refractivity contribution in [1.29, 1.82) is 0 Å². The first-order chi connectivity index (χ1) is 12.3. The number of carbonyl (C=O) groups is 1. The van der Waals surface area contributed by atoms with Crippen LogP contribution in [0.25, 0.3) is 10.8 Å². The van der Waals surface area contributed by atoms with Crippen molar-refractivity contribution in [2.24, 2.45) is 0 Å². The van der Waals surface area contributed by atoms with Gasteiger partial charge >= 0.3 is 6.18 Å². The number of amides is 1. The molecule has 0 unspecified atom stereocenters. The fourth-order valence-electron chi connectivity index (χ4n) is 2.62. The summed E-state index contributed by atoms with van der Waals surface area (Å²) in [7, 11) is 0. The van der Waals surface area contributed by atoms with E-state index in [1.54, 1.807) is 25.1 Å². The van der Waals surface area contributed by atoms with Gasteiger partial charge in [-0.15, -0.1) is 0 Å². The molecule has 134 valence electrons. The largest absolute Gasteiger partial charge is 0.482 e. The molecule has 0 aliphatic carbocycles. The molecule has 26 heavy (non-hydrogen) atoms. The Balaban J connectivity index is 1.89. The van der Waals surface area contributed by atoms with Crippen LogP contribution in [-0.2, 0) is 0 Å². The lowest BCUT2D eigenvalue weighted by atomic mass is 10.0. The number of alkyl halides is 3. The third-order valence-corrected chi connectivity index (χ3v) is 3.81. The van der Waals surface area contributed by atoms with Crippen LogP contribution in [0.4, 0.5) is 18.9 Å². The van der Waals surface area contributed by atoms with E-state index in [-0.39, 0.29) is 11.4 Å². The summed E-state index contributed by atoms with van der Waals surface area (Å²) >= 11 is 0. The lowest BCUT2D eigenvalue weighted by molar-refractivity contribution is -0.153. The number of aryl methyl sites for hydroxylation is 1. The van der Waals surface area contributed by atoms with Crippen molar-refractivity contribution in [3.8, 4) is 5.75 Å². The molecule has 6 heteroatoms. The van der Waals surface area contributed by atoms with Crippen LogP contribution in [0, 0.1) is 6.92 Å². The lowest BCUT2D eigenvalue weighted by Gasteiger charge is -2.15. The highest BCUT2D eigenvalue weighted by molar-refractivity contribution is 6.13. The number of fused-ring (bicyclic) bond motifs is 1. The number of ether oxygens (including phenoxy) is 1. The van der Waals surface area contributed by atoms with Gasteiger partial charge < -0.3 is 10.1 Å². The molecule has 0 atom stereocenters. The first kappa shape index (κ1) is 17.8. The van der Waals surface area contributed by atoms with Crippen LogP contribution < -0.4 is 10.1 Å². The van der Waals surface area contributed by atoms with E-state index in [2.05, 4.69) is 5.32 Å². The summed E-state index contributed by atoms with van der Waals surface area (Å²) in [6, 6.07) is 17.4. The Bertz CT molecular complexity index is 946. The van der Waals surface area contributed by atoms with Crippen LogP contribution in [0.3, 0.4) is 0 Å². The standard InChI is InChI=1S/C20H16F3NO2/c1-13-9-10-17(18(11-13)26-12-20(21,22)23)24-19(25)16-8-4-6-14-5-2-3-7-15(14)16/h2-11H,12H2,1H3,(H,24,25). The third kappa shape index (κ3) is 4.14. The van der Waals surface area contributed by atoms with Crippen molar-refractivity contribution in [1.82, 2.24) is 0 Å². The van der Waals surface area contributed by atoms with Gasteiger partial charge in [0.15, 0.2) is 6.61 Å². The maximum Gasteiger partial charge on any atom is 0.422 e. The van der Waals surface area contributed by atoms with Gasteiger partial charge in [-0.05, 0) is 41.5 Å². The number of anilines is 1. The van der Waals surface area contributed by atoms with Crippen LogP contribution in [0.1, 0.15) is 15.9 Å². The highest BCUT2D eigenvalue weighted by atomic mass is 19.4. The third-order valence-electron chi connectivity index (χ3n) is 3.81. The van der Waals surface area contributed by atoms with Gasteiger partial charge in [-0.2, -0.15) is 13.2 Å². The minimum atomic E-state index is -4.46. The smallest absolute Gasteiger partial charge is 0.422 e. The average Bonchev–Trinajstić information content (AvgIpc) is 2.60. The van der Waals surface area contributed by atoms with Gasteiger partial charge in [0.25, 0.3) is 5.91 Å². The molecule has 1 N–H and O–H groups in total. The number of halogens is 3. The fraction of sp³-hybridized carbons (Fsp3) is 0.150. The molecule has 0 heterocycles. The molecule has 0 radical (unpaired) electrons. The number of carbonyl (C=O) groups excluding carboxylic acids is 1. The number of rotatable bonds is 4. The van der Waals surface area contributed by atoms with Crippen molar-refractivity contribution < 1.29 is 22.7 Å². The predicted octanol–water partition coefficient (Wildman–Crippen LogP) is 5.34. The van der Waals surface area contributed by atoms with Gasteiger partial charge in [-0.3, -0.25) is 4.79 Å². The van der Waals surface area contributed by atoms with Crippen molar-refractivity contribution >= 4 is 22.4 Å². The first-order valence-electron chi connectivity index (χ1n) is 7.93. The second kappa shape index (κ2) is 7.07. The molecule has 0 aromatic heterocycles. The zero-order valence-corrected chi connectivity index (χ0v) is 13.9. The van der Waals surface area contributed by atoms with Gasteiger partial charge in [0.2, 0.25) is 0 Å². The SMILES string of the molecule is Cc1ccc(NC(=O)c2cccc3ccccc23)c(OCC(F)(F)F)c1. The van der Waals surface area contributed by atoms with Crippen LogP contribution in [0.2, 0.25) is 0 Å². The van der Waals surface area contributed by atoms with Gasteiger partial charge in [0, 0.05) is 5.56 Å². The maximum atomic E-state index is 12.7. The molecule has 3 rings (SSSR count). The number of benzene rings is 3. The highest BCUT2D eigenvalue weighted by Crippen LogP contribution is 2.29. The minimum absolute atomic E-state index is 0.0177. The van der Waals surface area contributed by atoms with Crippen LogP contribution in [-0.4, -0.2) is 18.7 Å². The monoisotopic (exact) mass is 359 g/mol. The zero-order valence-electron chi connectivity index (χ0n) is 13.9. The average molecular weight is 359 g/mol. The summed E-state index contributed by atoms with van der Waals surface area (Å²) in [5, 5.41) is 4.31. The van der Waals surface area contributed by atoms with Crippen LogP contribution in [0.5, 0.6) is 5.75 Å². The summed E-state index contributed by atoms with van der Waals surface area (Å²) in [4.78, 5) is 12.7. The Kier molecular flexibility index (Phi) is 4.84. The van der Waals surface area contributed by atoms with E-state index in [0.29, 0.717) is 5.56 Å². The Morgan fingerprint density at radius 1 is 1.04 bits per heavy atom. The van der Waals surface area contributed by atoms with E-state index in [4.69, 9.17) is 4.74 Å². The molecule has 0 aliphatic rings. The summed E-state index contributed by atoms with van der Waals surface area (Å²) in [6.45, 7) is 0.310. The molecule has 3 aromatic carbocycles. The minimum Gasteiger partial charge on any atom is -0.482 e. The fourth-order valence-corrected chi connectivity index (χ4v) is 2.62. The topological polar surface area (TPSA) is 38.3 Å². The summed E-state index contributed by atoms with van der Waals surface area (Å²) in [5.41, 5.74) is 1.36. The van der Waals surface area contributed by atoms with E-state index in [1.165, 1.54) is 12.1 Å². The molecule has 0 aliphatic heterocycles. The molecule has 1 amide bonds. The number of nitrogens with one attached hydrogen (secondary N) is 1. The molecule has 3 aromatic rings. The summed E-state index contributed by atoms with van der Waals surface area (Å²) < 4.78 is 42.3. The molecular weight excluding hydrogens is 343 g/mol. The Hall–Kier alpha value is -3.02. The van der Waals surface area contributed by atoms with Crippen molar-refractivity contribution in [3.05, 3.63) is 71.8 Å². The number of hydrogen-bond donors (Lipinski definition) is 1. The van der Waals surface area contributed by atoms with Crippen molar-refractivity contribution in [3.63, 3.8) is 0 Å². The lowest BCUT2D eigenvalue weighted by Crippen LogP contribution is -2.20. The van der Waals surface area contributed by atoms with Crippen LogP contribution >= 0.6 is 0 Å². The molecular formula is C20H16F3NO2. The van der Waals surface area contributed by atoms with Gasteiger partial charge in [-0.1, -0.05) is 42.5 Å². The predicted molar refractivity (Wildman–Crippen MR) is 94.6 cm³/mol. The molecule has 3 nitrogen and oxygen atoms in total. The quantitative estimate of drug-likeness (QED) is 0.683. The maximum absolute atomic E-state index is 12.7. The molecule has 0 bridgehead atoms. The first-order valence-corrected chi connectivity index (χ1v) is 7.93. The Labute approximate surface area is 148 Å². The van der Waals surface area contributed by atoms with Crippen molar-refractivity contribution in [2.45, 2.75) is 13.1 Å². The molecule has 0 saturated carbocycles. The van der Waals surface area contributed by atoms with E-state index in [1.807, 2.05) is 30.3 Å². The van der Waals surface area contributed by atoms with Crippen molar-refractivity contribution in [2.75, 3.05) is 11.9 Å². The number of hydrogen-bond acceptors (Lipinski definition) is 2. The van der Waals surface area contributed by atoms with Gasteiger partial charge in [0.05, 0.1) is 5.69 Å². The normalized spacial score (nSPS) is 11.4. The second-order valence-corrected chi connectivity index (χ2v) is 5.88. The van der Waals surface area contributed by atoms with Crippen LogP contribution in [0.15, 0.2) is 60.7 Å². The summed E-state index contributed by atoms with van der Waals surface area (Å²) in [6.07, 6.45) is -4.46. The highest BCUT2D eigenvalue weighted by Gasteiger charge is 2.29.